The fraction of sp³-hybridized carbons (Fsp3) is 0.571. The van der Waals surface area contributed by atoms with E-state index in [2.05, 4.69) is 25.8 Å². The smallest absolute Gasteiger partial charge is 0.306 e. The second kappa shape index (κ2) is 6.01. The van der Waals surface area contributed by atoms with Crippen LogP contribution in [0, 0.1) is 5.82 Å². The summed E-state index contributed by atoms with van der Waals surface area (Å²) >= 11 is 0. The standard InChI is InChI=1S/C14H22FNO3Si/c1-14(2,3)20(4,5)19-12(7-13(17)18)10-6-11(15)9-16-8-10/h6,8-9,12H,7H2,1-5H3,(H,17,18). The van der Waals surface area contributed by atoms with Crippen LogP contribution in [-0.2, 0) is 9.22 Å². The van der Waals surface area contributed by atoms with Crippen molar-refractivity contribution in [2.75, 3.05) is 0 Å². The highest BCUT2D eigenvalue weighted by molar-refractivity contribution is 6.74. The number of aliphatic carboxylic acids is 1. The maximum absolute atomic E-state index is 13.3. The molecule has 1 atom stereocenters. The summed E-state index contributed by atoms with van der Waals surface area (Å²) in [6, 6.07) is 1.29. The highest BCUT2D eigenvalue weighted by Gasteiger charge is 2.40. The van der Waals surface area contributed by atoms with Crippen molar-refractivity contribution < 1.29 is 18.7 Å². The molecule has 0 saturated heterocycles. The van der Waals surface area contributed by atoms with Gasteiger partial charge in [0.25, 0.3) is 0 Å². The number of carboxylic acids is 1. The summed E-state index contributed by atoms with van der Waals surface area (Å²) in [7, 11) is -2.15. The lowest BCUT2D eigenvalue weighted by atomic mass is 10.1. The normalized spacial score (nSPS) is 14.1. The number of aromatic nitrogens is 1. The van der Waals surface area contributed by atoms with Crippen LogP contribution in [0.2, 0.25) is 18.1 Å². The van der Waals surface area contributed by atoms with Crippen LogP contribution >= 0.6 is 0 Å². The Labute approximate surface area is 120 Å². The van der Waals surface area contributed by atoms with Crippen molar-refractivity contribution in [2.24, 2.45) is 0 Å². The van der Waals surface area contributed by atoms with E-state index in [9.17, 15) is 9.18 Å². The largest absolute Gasteiger partial charge is 0.481 e. The molecule has 0 aliphatic carbocycles. The van der Waals surface area contributed by atoms with Crippen LogP contribution in [0.25, 0.3) is 0 Å². The molecule has 1 aromatic rings. The van der Waals surface area contributed by atoms with Gasteiger partial charge in [-0.15, -0.1) is 0 Å². The van der Waals surface area contributed by atoms with Crippen molar-refractivity contribution in [3.05, 3.63) is 29.8 Å². The van der Waals surface area contributed by atoms with Crippen LogP contribution in [0.4, 0.5) is 4.39 Å². The van der Waals surface area contributed by atoms with Gasteiger partial charge in [0.15, 0.2) is 8.32 Å². The Morgan fingerprint density at radius 1 is 1.45 bits per heavy atom. The predicted molar refractivity (Wildman–Crippen MR) is 77.5 cm³/mol. The van der Waals surface area contributed by atoms with Crippen molar-refractivity contribution in [3.8, 4) is 0 Å². The molecule has 1 heterocycles. The second-order valence-electron chi connectivity index (χ2n) is 6.40. The summed E-state index contributed by atoms with van der Waals surface area (Å²) in [5.74, 6) is -1.46. The minimum atomic E-state index is -2.15. The van der Waals surface area contributed by atoms with E-state index < -0.39 is 26.2 Å². The predicted octanol–water partition coefficient (Wildman–Crippen LogP) is 3.76. The van der Waals surface area contributed by atoms with E-state index in [4.69, 9.17) is 9.53 Å². The minimum Gasteiger partial charge on any atom is -0.481 e. The fourth-order valence-electron chi connectivity index (χ4n) is 1.52. The summed E-state index contributed by atoms with van der Waals surface area (Å²) in [5, 5.41) is 8.98. The maximum Gasteiger partial charge on any atom is 0.306 e. The van der Waals surface area contributed by atoms with E-state index in [0.717, 1.165) is 6.20 Å². The number of halogens is 1. The molecular weight excluding hydrogens is 277 g/mol. The molecule has 0 fully saturated rings. The van der Waals surface area contributed by atoms with Gasteiger partial charge in [-0.1, -0.05) is 20.8 Å². The quantitative estimate of drug-likeness (QED) is 0.841. The third-order valence-corrected chi connectivity index (χ3v) is 8.19. The van der Waals surface area contributed by atoms with Crippen LogP contribution in [0.1, 0.15) is 38.9 Å². The third-order valence-electron chi connectivity index (χ3n) is 3.70. The van der Waals surface area contributed by atoms with Gasteiger partial charge in [-0.3, -0.25) is 9.78 Å². The Morgan fingerprint density at radius 3 is 2.50 bits per heavy atom. The molecular formula is C14H22FNO3Si. The number of carbonyl (C=O) groups is 1. The summed E-state index contributed by atoms with van der Waals surface area (Å²) < 4.78 is 19.4. The SMILES string of the molecule is CC(C)(C)[Si](C)(C)OC(CC(=O)O)c1cncc(F)c1. The first-order valence-electron chi connectivity index (χ1n) is 6.53. The van der Waals surface area contributed by atoms with Crippen molar-refractivity contribution in [2.45, 2.75) is 51.4 Å². The minimum absolute atomic E-state index is 0.0511. The molecule has 0 bridgehead atoms. The van der Waals surface area contributed by atoms with E-state index in [1.807, 2.05) is 13.1 Å². The summed E-state index contributed by atoms with van der Waals surface area (Å²) in [6.45, 7) is 10.3. The number of nitrogens with zero attached hydrogens (tertiary/aromatic N) is 1. The summed E-state index contributed by atoms with van der Waals surface area (Å²) in [5.41, 5.74) is 0.470. The van der Waals surface area contributed by atoms with Gasteiger partial charge in [0.2, 0.25) is 0 Å². The van der Waals surface area contributed by atoms with E-state index in [1.165, 1.54) is 12.3 Å². The first-order valence-corrected chi connectivity index (χ1v) is 9.44. The van der Waals surface area contributed by atoms with Crippen molar-refractivity contribution >= 4 is 14.3 Å². The fourth-order valence-corrected chi connectivity index (χ4v) is 2.81. The maximum atomic E-state index is 13.3. The lowest BCUT2D eigenvalue weighted by Crippen LogP contribution is -2.42. The zero-order valence-corrected chi connectivity index (χ0v) is 13.6. The van der Waals surface area contributed by atoms with Gasteiger partial charge in [-0.05, 0) is 24.2 Å². The number of hydrogen-bond acceptors (Lipinski definition) is 3. The van der Waals surface area contributed by atoms with Crippen molar-refractivity contribution in [3.63, 3.8) is 0 Å². The molecule has 0 aromatic carbocycles. The number of rotatable bonds is 5. The Kier molecular flexibility index (Phi) is 5.04. The average molecular weight is 299 g/mol. The molecule has 20 heavy (non-hydrogen) atoms. The molecule has 112 valence electrons. The van der Waals surface area contributed by atoms with Crippen molar-refractivity contribution in [1.29, 1.82) is 0 Å². The molecule has 0 saturated carbocycles. The highest BCUT2D eigenvalue weighted by Crippen LogP contribution is 2.40. The molecule has 0 aliphatic rings. The topological polar surface area (TPSA) is 59.4 Å². The average Bonchev–Trinajstić information content (AvgIpc) is 2.25. The first-order chi connectivity index (χ1) is 9.03. The Hall–Kier alpha value is -1.27. The molecule has 0 amide bonds. The van der Waals surface area contributed by atoms with Crippen LogP contribution in [0.5, 0.6) is 0 Å². The van der Waals surface area contributed by atoms with Gasteiger partial charge in [0.05, 0.1) is 18.7 Å². The van der Waals surface area contributed by atoms with Gasteiger partial charge in [0, 0.05) is 11.8 Å². The Morgan fingerprint density at radius 2 is 2.05 bits per heavy atom. The lowest BCUT2D eigenvalue weighted by Gasteiger charge is -2.39. The van der Waals surface area contributed by atoms with Gasteiger partial charge in [0.1, 0.15) is 5.82 Å². The van der Waals surface area contributed by atoms with Gasteiger partial charge < -0.3 is 9.53 Å². The van der Waals surface area contributed by atoms with Gasteiger partial charge >= 0.3 is 5.97 Å². The van der Waals surface area contributed by atoms with E-state index >= 15 is 0 Å². The molecule has 1 rings (SSSR count). The van der Waals surface area contributed by atoms with Crippen LogP contribution in [0.3, 0.4) is 0 Å². The molecule has 4 nitrogen and oxygen atoms in total. The second-order valence-corrected chi connectivity index (χ2v) is 11.2. The molecule has 1 N–H and O–H groups in total. The third kappa shape index (κ3) is 4.38. The molecule has 6 heteroatoms. The Balaban J connectivity index is 3.05. The van der Waals surface area contributed by atoms with Gasteiger partial charge in [-0.25, -0.2) is 4.39 Å². The Bertz CT molecular complexity index is 486. The summed E-state index contributed by atoms with van der Waals surface area (Å²) in [6.07, 6.45) is 1.69. The number of pyridine rings is 1. The zero-order chi connectivity index (χ0) is 15.6. The van der Waals surface area contributed by atoms with Crippen LogP contribution in [-0.4, -0.2) is 24.4 Å². The van der Waals surface area contributed by atoms with Crippen molar-refractivity contribution in [1.82, 2.24) is 4.98 Å². The first kappa shape index (κ1) is 16.8. The highest BCUT2D eigenvalue weighted by atomic mass is 28.4. The molecule has 1 aromatic heterocycles. The van der Waals surface area contributed by atoms with Crippen LogP contribution in [0.15, 0.2) is 18.5 Å². The molecule has 0 spiro atoms. The number of carboxylic acid groups (broad SMARTS) is 1. The van der Waals surface area contributed by atoms with E-state index in [1.54, 1.807) is 0 Å². The van der Waals surface area contributed by atoms with Crippen LogP contribution < -0.4 is 0 Å². The molecule has 0 radical (unpaired) electrons. The monoisotopic (exact) mass is 299 g/mol. The zero-order valence-electron chi connectivity index (χ0n) is 12.6. The number of hydrogen-bond donors (Lipinski definition) is 1. The van der Waals surface area contributed by atoms with E-state index in [-0.39, 0.29) is 11.5 Å². The summed E-state index contributed by atoms with van der Waals surface area (Å²) in [4.78, 5) is 14.8. The van der Waals surface area contributed by atoms with E-state index in [0.29, 0.717) is 5.56 Å². The lowest BCUT2D eigenvalue weighted by molar-refractivity contribution is -0.139. The van der Waals surface area contributed by atoms with Gasteiger partial charge in [-0.2, -0.15) is 0 Å². The molecule has 1 unspecified atom stereocenters. The molecule has 0 aliphatic heterocycles.